The highest BCUT2D eigenvalue weighted by Gasteiger charge is 2.39. The normalized spacial score (nSPS) is 20.7. The molecule has 7 heteroatoms. The fraction of sp³-hybridized carbons (Fsp3) is 0.312. The lowest BCUT2D eigenvalue weighted by Crippen LogP contribution is -2.53. The smallest absolute Gasteiger partial charge is 0.230 e. The number of fused-ring (bicyclic) bond motifs is 1. The van der Waals surface area contributed by atoms with Gasteiger partial charge in [0.05, 0.1) is 12.0 Å². The van der Waals surface area contributed by atoms with E-state index in [9.17, 15) is 14.0 Å². The fourth-order valence-corrected chi connectivity index (χ4v) is 3.18. The lowest BCUT2D eigenvalue weighted by atomic mass is 9.88. The predicted molar refractivity (Wildman–Crippen MR) is 80.2 cm³/mol. The summed E-state index contributed by atoms with van der Waals surface area (Å²) in [4.78, 5) is 26.2. The SMILES string of the molecule is O=C1CC(C(=O)N2CC(n3cccn3)C2)c2ccc(F)cc2N1. The number of aromatic nitrogens is 2. The van der Waals surface area contributed by atoms with Gasteiger partial charge in [-0.2, -0.15) is 5.10 Å². The fourth-order valence-electron chi connectivity index (χ4n) is 3.18. The van der Waals surface area contributed by atoms with Gasteiger partial charge in [0.25, 0.3) is 0 Å². The van der Waals surface area contributed by atoms with Crippen molar-refractivity contribution in [1.29, 1.82) is 0 Å². The largest absolute Gasteiger partial charge is 0.338 e. The molecule has 1 N–H and O–H groups in total. The van der Waals surface area contributed by atoms with Crippen molar-refractivity contribution in [3.05, 3.63) is 48.0 Å². The summed E-state index contributed by atoms with van der Waals surface area (Å²) in [6.45, 7) is 1.16. The standard InChI is InChI=1S/C16H15FN4O2/c17-10-2-3-12-13(7-15(22)19-14(12)6-10)16(23)20-8-11(9-20)21-5-1-4-18-21/h1-6,11,13H,7-9H2,(H,19,22). The van der Waals surface area contributed by atoms with Crippen molar-refractivity contribution in [3.63, 3.8) is 0 Å². The van der Waals surface area contributed by atoms with E-state index < -0.39 is 11.7 Å². The zero-order chi connectivity index (χ0) is 16.0. The molecule has 0 aliphatic carbocycles. The van der Waals surface area contributed by atoms with Gasteiger partial charge in [0.1, 0.15) is 5.82 Å². The van der Waals surface area contributed by atoms with E-state index in [1.54, 1.807) is 17.2 Å². The van der Waals surface area contributed by atoms with Crippen LogP contribution in [0.5, 0.6) is 0 Å². The molecule has 1 atom stereocenters. The summed E-state index contributed by atoms with van der Waals surface area (Å²) in [5.74, 6) is -1.32. The lowest BCUT2D eigenvalue weighted by Gasteiger charge is -2.41. The molecule has 2 aromatic rings. The van der Waals surface area contributed by atoms with Crippen LogP contribution < -0.4 is 5.32 Å². The van der Waals surface area contributed by atoms with Crippen LogP contribution in [-0.2, 0) is 9.59 Å². The molecule has 0 bridgehead atoms. The Labute approximate surface area is 131 Å². The van der Waals surface area contributed by atoms with Crippen LogP contribution in [0.3, 0.4) is 0 Å². The van der Waals surface area contributed by atoms with E-state index in [1.807, 2.05) is 16.9 Å². The monoisotopic (exact) mass is 314 g/mol. The van der Waals surface area contributed by atoms with Crippen molar-refractivity contribution in [2.75, 3.05) is 18.4 Å². The average molecular weight is 314 g/mol. The third-order valence-corrected chi connectivity index (χ3v) is 4.43. The first-order valence-corrected chi connectivity index (χ1v) is 7.49. The molecule has 4 rings (SSSR count). The van der Waals surface area contributed by atoms with Gasteiger partial charge < -0.3 is 10.2 Å². The second kappa shape index (κ2) is 5.19. The van der Waals surface area contributed by atoms with Crippen LogP contribution in [0.15, 0.2) is 36.7 Å². The first-order valence-electron chi connectivity index (χ1n) is 7.49. The topological polar surface area (TPSA) is 67.2 Å². The van der Waals surface area contributed by atoms with E-state index in [-0.39, 0.29) is 24.3 Å². The third-order valence-electron chi connectivity index (χ3n) is 4.43. The van der Waals surface area contributed by atoms with E-state index in [4.69, 9.17) is 0 Å². The second-order valence-electron chi connectivity index (χ2n) is 5.92. The molecule has 2 amide bonds. The number of likely N-dealkylation sites (tertiary alicyclic amines) is 1. The van der Waals surface area contributed by atoms with E-state index in [2.05, 4.69) is 10.4 Å². The number of nitrogens with one attached hydrogen (secondary N) is 1. The Kier molecular flexibility index (Phi) is 3.14. The van der Waals surface area contributed by atoms with Gasteiger partial charge in [0.2, 0.25) is 11.8 Å². The van der Waals surface area contributed by atoms with Gasteiger partial charge in [-0.25, -0.2) is 4.39 Å². The summed E-state index contributed by atoms with van der Waals surface area (Å²) < 4.78 is 15.2. The van der Waals surface area contributed by atoms with Crippen molar-refractivity contribution in [1.82, 2.24) is 14.7 Å². The summed E-state index contributed by atoms with van der Waals surface area (Å²) in [5.41, 5.74) is 1.07. The number of hydrogen-bond donors (Lipinski definition) is 1. The van der Waals surface area contributed by atoms with Gasteiger partial charge in [-0.1, -0.05) is 6.07 Å². The number of carbonyl (C=O) groups excluding carboxylic acids is 2. The minimum Gasteiger partial charge on any atom is -0.338 e. The molecule has 1 saturated heterocycles. The Morgan fingerprint density at radius 1 is 1.35 bits per heavy atom. The zero-order valence-electron chi connectivity index (χ0n) is 12.3. The van der Waals surface area contributed by atoms with Crippen LogP contribution in [0.4, 0.5) is 10.1 Å². The van der Waals surface area contributed by atoms with Crippen LogP contribution in [0.1, 0.15) is 23.9 Å². The van der Waals surface area contributed by atoms with Crippen LogP contribution in [-0.4, -0.2) is 39.6 Å². The van der Waals surface area contributed by atoms with E-state index in [0.29, 0.717) is 24.3 Å². The third kappa shape index (κ3) is 2.38. The highest BCUT2D eigenvalue weighted by molar-refractivity contribution is 6.01. The molecule has 1 aromatic heterocycles. The number of nitrogens with zero attached hydrogens (tertiary/aromatic N) is 3. The highest BCUT2D eigenvalue weighted by atomic mass is 19.1. The average Bonchev–Trinajstić information content (AvgIpc) is 2.98. The first kappa shape index (κ1) is 13.9. The number of amides is 2. The molecule has 3 heterocycles. The molecular formula is C16H15FN4O2. The maximum atomic E-state index is 13.3. The molecule has 6 nitrogen and oxygen atoms in total. The van der Waals surface area contributed by atoms with Crippen LogP contribution in [0.25, 0.3) is 0 Å². The van der Waals surface area contributed by atoms with Crippen molar-refractivity contribution < 1.29 is 14.0 Å². The van der Waals surface area contributed by atoms with Crippen LogP contribution >= 0.6 is 0 Å². The van der Waals surface area contributed by atoms with Crippen molar-refractivity contribution in [2.45, 2.75) is 18.4 Å². The molecule has 1 aromatic carbocycles. The predicted octanol–water partition coefficient (Wildman–Crippen LogP) is 1.53. The van der Waals surface area contributed by atoms with Crippen LogP contribution in [0.2, 0.25) is 0 Å². The Morgan fingerprint density at radius 3 is 2.91 bits per heavy atom. The minimum atomic E-state index is -0.544. The number of rotatable bonds is 2. The van der Waals surface area contributed by atoms with Crippen LogP contribution in [0, 0.1) is 5.82 Å². The molecule has 1 unspecified atom stereocenters. The van der Waals surface area contributed by atoms with Gasteiger partial charge in [-0.05, 0) is 23.8 Å². The number of benzene rings is 1. The molecular weight excluding hydrogens is 299 g/mol. The van der Waals surface area contributed by atoms with Crippen molar-refractivity contribution >= 4 is 17.5 Å². The molecule has 0 radical (unpaired) electrons. The number of anilines is 1. The molecule has 0 saturated carbocycles. The van der Waals surface area contributed by atoms with Gasteiger partial charge in [0, 0.05) is 37.6 Å². The molecule has 23 heavy (non-hydrogen) atoms. The van der Waals surface area contributed by atoms with E-state index >= 15 is 0 Å². The molecule has 2 aliphatic rings. The van der Waals surface area contributed by atoms with Gasteiger partial charge in [0.15, 0.2) is 0 Å². The Morgan fingerprint density at radius 2 is 2.17 bits per heavy atom. The summed E-state index contributed by atoms with van der Waals surface area (Å²) in [6, 6.07) is 6.19. The number of hydrogen-bond acceptors (Lipinski definition) is 3. The summed E-state index contributed by atoms with van der Waals surface area (Å²) in [7, 11) is 0. The zero-order valence-corrected chi connectivity index (χ0v) is 12.3. The van der Waals surface area contributed by atoms with Gasteiger partial charge >= 0.3 is 0 Å². The summed E-state index contributed by atoms with van der Waals surface area (Å²) in [5, 5.41) is 6.80. The van der Waals surface area contributed by atoms with E-state index in [0.717, 1.165) is 0 Å². The summed E-state index contributed by atoms with van der Waals surface area (Å²) >= 11 is 0. The molecule has 1 fully saturated rings. The Bertz CT molecular complexity index is 768. The first-order chi connectivity index (χ1) is 11.1. The van der Waals surface area contributed by atoms with Gasteiger partial charge in [-0.15, -0.1) is 0 Å². The second-order valence-corrected chi connectivity index (χ2v) is 5.92. The van der Waals surface area contributed by atoms with E-state index in [1.165, 1.54) is 12.1 Å². The number of carbonyl (C=O) groups is 2. The highest BCUT2D eigenvalue weighted by Crippen LogP contribution is 2.35. The summed E-state index contributed by atoms with van der Waals surface area (Å²) in [6.07, 6.45) is 3.68. The lowest BCUT2D eigenvalue weighted by molar-refractivity contribution is -0.140. The maximum Gasteiger partial charge on any atom is 0.230 e. The quantitative estimate of drug-likeness (QED) is 0.914. The minimum absolute atomic E-state index is 0.0869. The molecule has 0 spiro atoms. The number of halogens is 1. The Hall–Kier alpha value is -2.70. The van der Waals surface area contributed by atoms with Crippen molar-refractivity contribution in [2.24, 2.45) is 0 Å². The molecule has 118 valence electrons. The Balaban J connectivity index is 1.52. The molecule has 2 aliphatic heterocycles. The maximum absolute atomic E-state index is 13.3. The van der Waals surface area contributed by atoms with Crippen molar-refractivity contribution in [3.8, 4) is 0 Å². The van der Waals surface area contributed by atoms with Gasteiger partial charge in [-0.3, -0.25) is 14.3 Å².